The lowest BCUT2D eigenvalue weighted by Gasteiger charge is -2.24. The molecule has 0 bridgehead atoms. The second-order valence-electron chi connectivity index (χ2n) is 3.60. The van der Waals surface area contributed by atoms with Crippen LogP contribution in [0.3, 0.4) is 0 Å². The van der Waals surface area contributed by atoms with Gasteiger partial charge in [-0.3, -0.25) is 0 Å². The first kappa shape index (κ1) is 14.7. The predicted octanol–water partition coefficient (Wildman–Crippen LogP) is 3.43. The van der Waals surface area contributed by atoms with Gasteiger partial charge in [-0.2, -0.15) is 0 Å². The molecule has 0 radical (unpaired) electrons. The molecule has 0 spiro atoms. The molecule has 0 unspecified atom stereocenters. The molecular formula is C12H16Cl2O3. The van der Waals surface area contributed by atoms with Gasteiger partial charge in [0.15, 0.2) is 0 Å². The molecule has 1 aromatic carbocycles. The summed E-state index contributed by atoms with van der Waals surface area (Å²) in [6, 6.07) is 5.18. The highest BCUT2D eigenvalue weighted by Gasteiger charge is 2.25. The summed E-state index contributed by atoms with van der Waals surface area (Å²) in [4.78, 5) is 0. The highest BCUT2D eigenvalue weighted by molar-refractivity contribution is 6.36. The Morgan fingerprint density at radius 1 is 1.29 bits per heavy atom. The fourth-order valence-corrected chi connectivity index (χ4v) is 2.14. The predicted molar refractivity (Wildman–Crippen MR) is 68.5 cm³/mol. The van der Waals surface area contributed by atoms with Crippen molar-refractivity contribution < 1.29 is 14.6 Å². The lowest BCUT2D eigenvalue weighted by Crippen LogP contribution is -2.22. The third-order valence-electron chi connectivity index (χ3n) is 2.42. The molecular weight excluding hydrogens is 263 g/mol. The van der Waals surface area contributed by atoms with Gasteiger partial charge >= 0.3 is 0 Å². The molecule has 0 heterocycles. The van der Waals surface area contributed by atoms with Crippen LogP contribution in [-0.4, -0.2) is 25.1 Å². The lowest BCUT2D eigenvalue weighted by molar-refractivity contribution is -0.115. The van der Waals surface area contributed by atoms with Crippen LogP contribution in [0.25, 0.3) is 0 Å². The van der Waals surface area contributed by atoms with Crippen molar-refractivity contribution in [3.05, 3.63) is 33.8 Å². The molecule has 5 heteroatoms. The molecule has 96 valence electrons. The Bertz CT molecular complexity index is 337. The molecule has 0 aliphatic heterocycles. The SMILES string of the molecule is CC[C@@H](O)[C@H](OCOC)c1c(Cl)cccc1Cl. The maximum Gasteiger partial charge on any atom is 0.147 e. The van der Waals surface area contributed by atoms with Crippen LogP contribution in [0.1, 0.15) is 25.0 Å². The van der Waals surface area contributed by atoms with Crippen molar-refractivity contribution in [2.75, 3.05) is 13.9 Å². The Morgan fingerprint density at radius 2 is 1.88 bits per heavy atom. The minimum absolute atomic E-state index is 0.0727. The van der Waals surface area contributed by atoms with Gasteiger partial charge in [-0.05, 0) is 18.6 Å². The van der Waals surface area contributed by atoms with E-state index in [0.29, 0.717) is 22.0 Å². The van der Waals surface area contributed by atoms with Crippen LogP contribution in [0.5, 0.6) is 0 Å². The van der Waals surface area contributed by atoms with Gasteiger partial charge < -0.3 is 14.6 Å². The van der Waals surface area contributed by atoms with Crippen LogP contribution in [0, 0.1) is 0 Å². The van der Waals surface area contributed by atoms with E-state index in [1.54, 1.807) is 18.2 Å². The van der Waals surface area contributed by atoms with E-state index in [2.05, 4.69) is 0 Å². The first-order chi connectivity index (χ1) is 8.11. The molecule has 1 aromatic rings. The monoisotopic (exact) mass is 278 g/mol. The van der Waals surface area contributed by atoms with Crippen LogP contribution in [0.15, 0.2) is 18.2 Å². The fourth-order valence-electron chi connectivity index (χ4n) is 1.52. The van der Waals surface area contributed by atoms with E-state index < -0.39 is 12.2 Å². The number of hydrogen-bond donors (Lipinski definition) is 1. The average molecular weight is 279 g/mol. The van der Waals surface area contributed by atoms with Crippen molar-refractivity contribution in [2.24, 2.45) is 0 Å². The minimum Gasteiger partial charge on any atom is -0.390 e. The number of hydrogen-bond acceptors (Lipinski definition) is 3. The van der Waals surface area contributed by atoms with E-state index >= 15 is 0 Å². The third kappa shape index (κ3) is 3.83. The Morgan fingerprint density at radius 3 is 2.35 bits per heavy atom. The summed E-state index contributed by atoms with van der Waals surface area (Å²) in [5, 5.41) is 10.9. The van der Waals surface area contributed by atoms with Gasteiger partial charge in [0.25, 0.3) is 0 Å². The number of methoxy groups -OCH3 is 1. The van der Waals surface area contributed by atoms with Crippen molar-refractivity contribution in [1.29, 1.82) is 0 Å². The summed E-state index contributed by atoms with van der Waals surface area (Å²) in [5.74, 6) is 0. The summed E-state index contributed by atoms with van der Waals surface area (Å²) in [5.41, 5.74) is 0.599. The molecule has 0 saturated heterocycles. The van der Waals surface area contributed by atoms with E-state index in [-0.39, 0.29) is 6.79 Å². The lowest BCUT2D eigenvalue weighted by atomic mass is 10.0. The Balaban J connectivity index is 3.03. The average Bonchev–Trinajstić information content (AvgIpc) is 2.32. The number of aliphatic hydroxyl groups excluding tert-OH is 1. The normalized spacial score (nSPS) is 14.6. The van der Waals surface area contributed by atoms with E-state index in [1.807, 2.05) is 6.92 Å². The second-order valence-corrected chi connectivity index (χ2v) is 4.42. The molecule has 1 rings (SSSR count). The Kier molecular flexibility index (Phi) is 6.23. The number of rotatable bonds is 6. The maximum absolute atomic E-state index is 9.95. The molecule has 1 N–H and O–H groups in total. The topological polar surface area (TPSA) is 38.7 Å². The largest absolute Gasteiger partial charge is 0.390 e. The number of aliphatic hydroxyl groups is 1. The summed E-state index contributed by atoms with van der Waals surface area (Å²) in [7, 11) is 1.52. The molecule has 0 aromatic heterocycles. The highest BCUT2D eigenvalue weighted by Crippen LogP contribution is 2.35. The van der Waals surface area contributed by atoms with Gasteiger partial charge in [-0.1, -0.05) is 36.2 Å². The van der Waals surface area contributed by atoms with E-state index in [4.69, 9.17) is 32.7 Å². The standard InChI is InChI=1S/C12H16Cl2O3/c1-3-10(15)12(17-7-16-2)11-8(13)5-4-6-9(11)14/h4-6,10,12,15H,3,7H2,1-2H3/t10-,12+/m1/s1. The van der Waals surface area contributed by atoms with Gasteiger partial charge in [0.05, 0.1) is 6.10 Å². The molecule has 0 fully saturated rings. The molecule has 0 aliphatic carbocycles. The van der Waals surface area contributed by atoms with Gasteiger partial charge in [0.1, 0.15) is 12.9 Å². The maximum atomic E-state index is 9.95. The van der Waals surface area contributed by atoms with E-state index in [0.717, 1.165) is 0 Å². The van der Waals surface area contributed by atoms with Crippen LogP contribution in [0.2, 0.25) is 10.0 Å². The molecule has 17 heavy (non-hydrogen) atoms. The first-order valence-electron chi connectivity index (χ1n) is 5.34. The summed E-state index contributed by atoms with van der Waals surface area (Å²) < 4.78 is 10.3. The zero-order valence-electron chi connectivity index (χ0n) is 9.82. The summed E-state index contributed by atoms with van der Waals surface area (Å²) in [6.07, 6.45) is -0.723. The number of halogens is 2. The number of ether oxygens (including phenoxy) is 2. The van der Waals surface area contributed by atoms with Gasteiger partial charge in [0, 0.05) is 22.7 Å². The molecule has 3 nitrogen and oxygen atoms in total. The van der Waals surface area contributed by atoms with Crippen molar-refractivity contribution >= 4 is 23.2 Å². The van der Waals surface area contributed by atoms with Crippen LogP contribution in [-0.2, 0) is 9.47 Å². The van der Waals surface area contributed by atoms with Crippen LogP contribution in [0.4, 0.5) is 0 Å². The minimum atomic E-state index is -0.678. The molecule has 0 aliphatic rings. The third-order valence-corrected chi connectivity index (χ3v) is 3.08. The summed E-state index contributed by atoms with van der Waals surface area (Å²) in [6.45, 7) is 1.93. The highest BCUT2D eigenvalue weighted by atomic mass is 35.5. The molecule has 2 atom stereocenters. The molecule has 0 saturated carbocycles. The molecule has 0 amide bonds. The van der Waals surface area contributed by atoms with Crippen LogP contribution < -0.4 is 0 Å². The number of benzene rings is 1. The van der Waals surface area contributed by atoms with E-state index in [1.165, 1.54) is 7.11 Å². The first-order valence-corrected chi connectivity index (χ1v) is 6.09. The quantitative estimate of drug-likeness (QED) is 0.811. The van der Waals surface area contributed by atoms with Gasteiger partial charge in [-0.25, -0.2) is 0 Å². The zero-order chi connectivity index (χ0) is 12.8. The Labute approximate surface area is 111 Å². The Hall–Kier alpha value is -0.320. The van der Waals surface area contributed by atoms with Crippen molar-refractivity contribution in [2.45, 2.75) is 25.6 Å². The fraction of sp³-hybridized carbons (Fsp3) is 0.500. The zero-order valence-corrected chi connectivity index (χ0v) is 11.3. The van der Waals surface area contributed by atoms with Crippen molar-refractivity contribution in [3.8, 4) is 0 Å². The van der Waals surface area contributed by atoms with Crippen molar-refractivity contribution in [3.63, 3.8) is 0 Å². The van der Waals surface area contributed by atoms with Crippen LogP contribution >= 0.6 is 23.2 Å². The smallest absolute Gasteiger partial charge is 0.147 e. The summed E-state index contributed by atoms with van der Waals surface area (Å²) >= 11 is 12.2. The van der Waals surface area contributed by atoms with Crippen molar-refractivity contribution in [1.82, 2.24) is 0 Å². The second kappa shape index (κ2) is 7.19. The van der Waals surface area contributed by atoms with E-state index in [9.17, 15) is 5.11 Å². The van der Waals surface area contributed by atoms with Gasteiger partial charge in [-0.15, -0.1) is 0 Å². The van der Waals surface area contributed by atoms with Gasteiger partial charge in [0.2, 0.25) is 0 Å².